The number of benzene rings is 1. The Morgan fingerprint density at radius 2 is 2.25 bits per heavy atom. The van der Waals surface area contributed by atoms with Crippen LogP contribution in [0.1, 0.15) is 6.42 Å². The van der Waals surface area contributed by atoms with E-state index in [2.05, 4.69) is 5.32 Å². The zero-order chi connectivity index (χ0) is 14.1. The second-order valence-corrected chi connectivity index (χ2v) is 6.04. The lowest BCUT2D eigenvalue weighted by Crippen LogP contribution is -2.48. The summed E-state index contributed by atoms with van der Waals surface area (Å²) in [4.78, 5) is 26.7. The van der Waals surface area contributed by atoms with E-state index in [-0.39, 0.29) is 11.8 Å². The maximum atomic E-state index is 12.2. The molecule has 1 fully saturated rings. The minimum Gasteiger partial charge on any atom is -0.479 e. The van der Waals surface area contributed by atoms with Crippen LogP contribution in [0.5, 0.6) is 5.75 Å². The number of fused-ring (bicyclic) bond motifs is 1. The third-order valence-corrected chi connectivity index (χ3v) is 4.66. The van der Waals surface area contributed by atoms with Gasteiger partial charge in [0, 0.05) is 24.2 Å². The molecule has 20 heavy (non-hydrogen) atoms. The van der Waals surface area contributed by atoms with Crippen LogP contribution in [0.15, 0.2) is 29.2 Å². The van der Waals surface area contributed by atoms with Gasteiger partial charge in [-0.25, -0.2) is 0 Å². The first-order chi connectivity index (χ1) is 9.65. The van der Waals surface area contributed by atoms with Crippen molar-refractivity contribution >= 4 is 23.6 Å². The van der Waals surface area contributed by atoms with Crippen molar-refractivity contribution in [3.8, 4) is 5.75 Å². The summed E-state index contributed by atoms with van der Waals surface area (Å²) in [6.45, 7) is 0.687. The number of carbonyl (C=O) groups excluding carboxylic acids is 2. The third-order valence-electron chi connectivity index (χ3n) is 3.55. The molecule has 1 saturated heterocycles. The molecule has 0 radical (unpaired) electrons. The predicted molar refractivity (Wildman–Crippen MR) is 75.8 cm³/mol. The van der Waals surface area contributed by atoms with Crippen LogP contribution in [0.3, 0.4) is 0 Å². The van der Waals surface area contributed by atoms with Gasteiger partial charge in [-0.15, -0.1) is 11.8 Å². The minimum absolute atomic E-state index is 0.0257. The fourth-order valence-electron chi connectivity index (χ4n) is 2.37. The molecule has 106 valence electrons. The molecule has 2 atom stereocenters. The lowest BCUT2D eigenvalue weighted by molar-refractivity contribution is -0.134. The molecule has 2 amide bonds. The number of hydrogen-bond acceptors (Lipinski definition) is 4. The summed E-state index contributed by atoms with van der Waals surface area (Å²) < 4.78 is 5.71. The van der Waals surface area contributed by atoms with E-state index in [9.17, 15) is 9.59 Å². The van der Waals surface area contributed by atoms with E-state index in [0.717, 1.165) is 10.6 Å². The summed E-state index contributed by atoms with van der Waals surface area (Å²) in [5.74, 6) is 1.07. The van der Waals surface area contributed by atoms with Crippen LogP contribution in [0.4, 0.5) is 0 Å². The van der Waals surface area contributed by atoms with Gasteiger partial charge in [0.1, 0.15) is 11.8 Å². The van der Waals surface area contributed by atoms with Gasteiger partial charge in [0.25, 0.3) is 5.91 Å². The Bertz CT molecular complexity index is 549. The molecule has 0 spiro atoms. The van der Waals surface area contributed by atoms with Crippen molar-refractivity contribution < 1.29 is 14.3 Å². The van der Waals surface area contributed by atoms with Crippen LogP contribution >= 0.6 is 11.8 Å². The number of para-hydroxylation sites is 1. The molecule has 2 heterocycles. The highest BCUT2D eigenvalue weighted by molar-refractivity contribution is 7.99. The van der Waals surface area contributed by atoms with Crippen molar-refractivity contribution in [3.63, 3.8) is 0 Å². The normalized spacial score (nSPS) is 25.1. The molecule has 6 heteroatoms. The lowest BCUT2D eigenvalue weighted by atomic mass is 10.2. The Balaban J connectivity index is 1.63. The van der Waals surface area contributed by atoms with E-state index in [1.165, 1.54) is 0 Å². The second-order valence-electron chi connectivity index (χ2n) is 4.97. The van der Waals surface area contributed by atoms with Crippen LogP contribution in [0.2, 0.25) is 0 Å². The number of likely N-dealkylation sites (N-methyl/N-ethyl adjacent to an activating group) is 1. The molecule has 2 unspecified atom stereocenters. The van der Waals surface area contributed by atoms with Crippen molar-refractivity contribution in [1.29, 1.82) is 0 Å². The first kappa shape index (κ1) is 13.3. The van der Waals surface area contributed by atoms with Gasteiger partial charge < -0.3 is 15.0 Å². The fraction of sp³-hybridized carbons (Fsp3) is 0.429. The number of likely N-dealkylation sites (tertiary alicyclic amines) is 1. The topological polar surface area (TPSA) is 58.6 Å². The van der Waals surface area contributed by atoms with Crippen LogP contribution < -0.4 is 10.1 Å². The van der Waals surface area contributed by atoms with Crippen LogP contribution in [0.25, 0.3) is 0 Å². The largest absolute Gasteiger partial charge is 0.479 e. The van der Waals surface area contributed by atoms with Gasteiger partial charge in [-0.3, -0.25) is 9.59 Å². The first-order valence-corrected chi connectivity index (χ1v) is 7.57. The van der Waals surface area contributed by atoms with Crippen molar-refractivity contribution in [3.05, 3.63) is 24.3 Å². The zero-order valence-corrected chi connectivity index (χ0v) is 12.0. The summed E-state index contributed by atoms with van der Waals surface area (Å²) >= 11 is 1.60. The second kappa shape index (κ2) is 5.36. The molecule has 3 rings (SSSR count). The summed E-state index contributed by atoms with van der Waals surface area (Å²) in [5, 5.41) is 2.79. The van der Waals surface area contributed by atoms with Gasteiger partial charge in [0.15, 0.2) is 6.10 Å². The molecule has 2 aliphatic rings. The monoisotopic (exact) mass is 292 g/mol. The highest BCUT2D eigenvalue weighted by Crippen LogP contribution is 2.34. The quantitative estimate of drug-likeness (QED) is 0.879. The van der Waals surface area contributed by atoms with Gasteiger partial charge in [-0.1, -0.05) is 12.1 Å². The Hall–Kier alpha value is -1.69. The smallest absolute Gasteiger partial charge is 0.262 e. The third kappa shape index (κ3) is 2.47. The van der Waals surface area contributed by atoms with Gasteiger partial charge in [0.2, 0.25) is 5.91 Å². The van der Waals surface area contributed by atoms with Crippen molar-refractivity contribution in [1.82, 2.24) is 10.2 Å². The molecule has 0 aromatic heterocycles. The number of hydrogen-bond donors (Lipinski definition) is 1. The number of rotatable bonds is 2. The molecular formula is C14H16N2O3S. The highest BCUT2D eigenvalue weighted by Gasteiger charge is 2.34. The highest BCUT2D eigenvalue weighted by atomic mass is 32.2. The Labute approximate surface area is 121 Å². The van der Waals surface area contributed by atoms with Crippen molar-refractivity contribution in [2.75, 3.05) is 19.3 Å². The summed E-state index contributed by atoms with van der Waals surface area (Å²) in [5.41, 5.74) is 0. The maximum Gasteiger partial charge on any atom is 0.262 e. The molecule has 1 aromatic rings. The number of ether oxygens (including phenoxy) is 1. The lowest BCUT2D eigenvalue weighted by Gasteiger charge is -2.25. The number of carbonyl (C=O) groups is 2. The molecular weight excluding hydrogens is 276 g/mol. The van der Waals surface area contributed by atoms with Crippen molar-refractivity contribution in [2.45, 2.75) is 23.5 Å². The molecule has 0 aliphatic carbocycles. The zero-order valence-electron chi connectivity index (χ0n) is 11.2. The average molecular weight is 292 g/mol. The van der Waals surface area contributed by atoms with Crippen LogP contribution in [-0.2, 0) is 9.59 Å². The molecule has 2 aliphatic heterocycles. The predicted octanol–water partition coefficient (Wildman–Crippen LogP) is 0.887. The standard InChI is InChI=1S/C14H16N2O3S/c1-16-7-6-9(14(16)18)15-13(17)11-8-20-12-5-3-2-4-10(12)19-11/h2-5,9,11H,6-8H2,1H3,(H,15,17). The molecule has 0 saturated carbocycles. The van der Waals surface area contributed by atoms with Gasteiger partial charge in [-0.2, -0.15) is 0 Å². The maximum absolute atomic E-state index is 12.2. The molecule has 1 aromatic carbocycles. The minimum atomic E-state index is -0.534. The number of amides is 2. The van der Waals surface area contributed by atoms with E-state index >= 15 is 0 Å². The Kier molecular flexibility index (Phi) is 3.56. The summed E-state index contributed by atoms with van der Waals surface area (Å²) in [7, 11) is 1.75. The molecule has 5 nitrogen and oxygen atoms in total. The van der Waals surface area contributed by atoms with Gasteiger partial charge in [0.05, 0.1) is 0 Å². The van der Waals surface area contributed by atoms with E-state index in [4.69, 9.17) is 4.74 Å². The SMILES string of the molecule is CN1CCC(NC(=O)C2CSc3ccccc3O2)C1=O. The van der Waals surface area contributed by atoms with Crippen LogP contribution in [-0.4, -0.2) is 48.2 Å². The summed E-state index contributed by atoms with van der Waals surface area (Å²) in [6.07, 6.45) is 0.131. The van der Waals surface area contributed by atoms with Crippen molar-refractivity contribution in [2.24, 2.45) is 0 Å². The Morgan fingerprint density at radius 1 is 1.45 bits per heavy atom. The number of nitrogens with one attached hydrogen (secondary N) is 1. The van der Waals surface area contributed by atoms with E-state index in [1.807, 2.05) is 24.3 Å². The van der Waals surface area contributed by atoms with E-state index in [0.29, 0.717) is 18.7 Å². The van der Waals surface area contributed by atoms with E-state index < -0.39 is 12.1 Å². The number of thioether (sulfide) groups is 1. The number of nitrogens with zero attached hydrogens (tertiary/aromatic N) is 1. The van der Waals surface area contributed by atoms with E-state index in [1.54, 1.807) is 23.7 Å². The average Bonchev–Trinajstić information content (AvgIpc) is 2.78. The van der Waals surface area contributed by atoms with Crippen LogP contribution in [0, 0.1) is 0 Å². The first-order valence-electron chi connectivity index (χ1n) is 6.59. The molecule has 0 bridgehead atoms. The summed E-state index contributed by atoms with van der Waals surface area (Å²) in [6, 6.07) is 7.26. The molecule has 1 N–H and O–H groups in total. The van der Waals surface area contributed by atoms with Gasteiger partial charge >= 0.3 is 0 Å². The fourth-order valence-corrected chi connectivity index (χ4v) is 3.35. The van der Waals surface area contributed by atoms with Gasteiger partial charge in [-0.05, 0) is 18.6 Å². The Morgan fingerprint density at radius 3 is 3.00 bits per heavy atom.